The molecule has 1 saturated heterocycles. The normalized spacial score (nSPS) is 31.5. The topological polar surface area (TPSA) is 49.3 Å². The van der Waals surface area contributed by atoms with Crippen molar-refractivity contribution in [1.29, 1.82) is 0 Å². The molecule has 1 heterocycles. The van der Waals surface area contributed by atoms with Crippen LogP contribution in [0.15, 0.2) is 0 Å². The summed E-state index contributed by atoms with van der Waals surface area (Å²) < 4.78 is 0. The van der Waals surface area contributed by atoms with E-state index >= 15 is 0 Å². The van der Waals surface area contributed by atoms with Gasteiger partial charge < -0.3 is 10.4 Å². The Hall–Kier alpha value is -0.570. The third-order valence-electron chi connectivity index (χ3n) is 2.62. The van der Waals surface area contributed by atoms with Crippen LogP contribution in [0.4, 0.5) is 0 Å². The first kappa shape index (κ1) is 9.52. The zero-order valence-corrected chi connectivity index (χ0v) is 7.98. The molecule has 70 valence electrons. The smallest absolute Gasteiger partial charge is 0.252 e. The SMILES string of the molecule is CC(C)(C)C1(O)CCCNC1=O. The first-order valence-electron chi connectivity index (χ1n) is 4.38. The van der Waals surface area contributed by atoms with Crippen molar-refractivity contribution in [3.63, 3.8) is 0 Å². The zero-order valence-electron chi connectivity index (χ0n) is 7.98. The number of piperidine rings is 1. The fraction of sp³-hybridized carbons (Fsp3) is 0.889. The highest BCUT2D eigenvalue weighted by molar-refractivity contribution is 5.86. The van der Waals surface area contributed by atoms with Crippen molar-refractivity contribution in [2.24, 2.45) is 5.41 Å². The Morgan fingerprint density at radius 1 is 1.50 bits per heavy atom. The van der Waals surface area contributed by atoms with Crippen molar-refractivity contribution in [2.45, 2.75) is 39.2 Å². The van der Waals surface area contributed by atoms with Crippen LogP contribution < -0.4 is 5.32 Å². The fourth-order valence-corrected chi connectivity index (χ4v) is 1.52. The lowest BCUT2D eigenvalue weighted by Crippen LogP contribution is -2.58. The highest BCUT2D eigenvalue weighted by atomic mass is 16.3. The minimum absolute atomic E-state index is 0.221. The van der Waals surface area contributed by atoms with Gasteiger partial charge in [-0.25, -0.2) is 0 Å². The Morgan fingerprint density at radius 3 is 2.42 bits per heavy atom. The molecule has 3 heteroatoms. The Morgan fingerprint density at radius 2 is 2.08 bits per heavy atom. The van der Waals surface area contributed by atoms with Crippen LogP contribution in [0.2, 0.25) is 0 Å². The summed E-state index contributed by atoms with van der Waals surface area (Å²) in [6, 6.07) is 0. The second-order valence-corrected chi connectivity index (χ2v) is 4.47. The predicted molar refractivity (Wildman–Crippen MR) is 46.6 cm³/mol. The predicted octanol–water partition coefficient (Wildman–Crippen LogP) is 0.674. The molecule has 1 unspecified atom stereocenters. The quantitative estimate of drug-likeness (QED) is 0.563. The van der Waals surface area contributed by atoms with E-state index in [1.165, 1.54) is 0 Å². The van der Waals surface area contributed by atoms with Crippen molar-refractivity contribution in [3.05, 3.63) is 0 Å². The van der Waals surface area contributed by atoms with Gasteiger partial charge in [-0.3, -0.25) is 4.79 Å². The summed E-state index contributed by atoms with van der Waals surface area (Å²) in [6.45, 7) is 6.35. The molecule has 0 aromatic rings. The lowest BCUT2D eigenvalue weighted by Gasteiger charge is -2.41. The van der Waals surface area contributed by atoms with E-state index in [-0.39, 0.29) is 11.3 Å². The number of rotatable bonds is 0. The number of hydrogen-bond donors (Lipinski definition) is 2. The van der Waals surface area contributed by atoms with Gasteiger partial charge in [0.2, 0.25) is 0 Å². The van der Waals surface area contributed by atoms with Crippen LogP contribution in [0.5, 0.6) is 0 Å². The van der Waals surface area contributed by atoms with Gasteiger partial charge >= 0.3 is 0 Å². The molecule has 1 atom stereocenters. The summed E-state index contributed by atoms with van der Waals surface area (Å²) in [6.07, 6.45) is 1.43. The van der Waals surface area contributed by atoms with E-state index in [1.807, 2.05) is 20.8 Å². The largest absolute Gasteiger partial charge is 0.379 e. The van der Waals surface area contributed by atoms with Gasteiger partial charge in [-0.2, -0.15) is 0 Å². The van der Waals surface area contributed by atoms with Gasteiger partial charge in [-0.15, -0.1) is 0 Å². The molecule has 1 fully saturated rings. The Balaban J connectivity index is 2.87. The molecule has 0 aliphatic carbocycles. The van der Waals surface area contributed by atoms with E-state index in [4.69, 9.17) is 0 Å². The first-order valence-corrected chi connectivity index (χ1v) is 4.38. The minimum Gasteiger partial charge on any atom is -0.379 e. The lowest BCUT2D eigenvalue weighted by molar-refractivity contribution is -0.157. The van der Waals surface area contributed by atoms with Crippen LogP contribution in [0.25, 0.3) is 0 Å². The van der Waals surface area contributed by atoms with Gasteiger partial charge in [0.25, 0.3) is 5.91 Å². The van der Waals surface area contributed by atoms with Crippen molar-refractivity contribution < 1.29 is 9.90 Å². The van der Waals surface area contributed by atoms with Crippen molar-refractivity contribution in [2.75, 3.05) is 6.54 Å². The average Bonchev–Trinajstić information content (AvgIpc) is 1.93. The second-order valence-electron chi connectivity index (χ2n) is 4.47. The van der Waals surface area contributed by atoms with E-state index in [9.17, 15) is 9.90 Å². The van der Waals surface area contributed by atoms with Crippen LogP contribution in [0.3, 0.4) is 0 Å². The summed E-state index contributed by atoms with van der Waals surface area (Å²) in [5, 5.41) is 12.8. The summed E-state index contributed by atoms with van der Waals surface area (Å²) >= 11 is 0. The maximum atomic E-state index is 11.4. The molecule has 0 aromatic heterocycles. The minimum atomic E-state index is -1.18. The van der Waals surface area contributed by atoms with Crippen molar-refractivity contribution in [3.8, 4) is 0 Å². The maximum Gasteiger partial charge on any atom is 0.252 e. The Kier molecular flexibility index (Phi) is 2.17. The van der Waals surface area contributed by atoms with Gasteiger partial charge in [-0.05, 0) is 18.3 Å². The molecule has 1 aliphatic rings. The molecule has 0 aromatic carbocycles. The summed E-state index contributed by atoms with van der Waals surface area (Å²) in [5.41, 5.74) is -1.55. The van der Waals surface area contributed by atoms with E-state index in [2.05, 4.69) is 5.32 Å². The molecule has 0 spiro atoms. The monoisotopic (exact) mass is 171 g/mol. The molecule has 12 heavy (non-hydrogen) atoms. The highest BCUT2D eigenvalue weighted by Crippen LogP contribution is 2.35. The maximum absolute atomic E-state index is 11.4. The highest BCUT2D eigenvalue weighted by Gasteiger charge is 2.47. The number of nitrogens with one attached hydrogen (secondary N) is 1. The van der Waals surface area contributed by atoms with E-state index < -0.39 is 5.60 Å². The van der Waals surface area contributed by atoms with Crippen LogP contribution in [-0.2, 0) is 4.79 Å². The molecule has 2 N–H and O–H groups in total. The van der Waals surface area contributed by atoms with Crippen molar-refractivity contribution >= 4 is 5.91 Å². The molecule has 0 radical (unpaired) electrons. The standard InChI is InChI=1S/C9H17NO2/c1-8(2,3)9(12)5-4-6-10-7(9)11/h12H,4-6H2,1-3H3,(H,10,11). The number of hydrogen-bond acceptors (Lipinski definition) is 2. The molecule has 1 rings (SSSR count). The third-order valence-corrected chi connectivity index (χ3v) is 2.62. The third kappa shape index (κ3) is 1.33. The van der Waals surface area contributed by atoms with Crippen LogP contribution in [0.1, 0.15) is 33.6 Å². The first-order chi connectivity index (χ1) is 5.38. The fourth-order valence-electron chi connectivity index (χ4n) is 1.52. The molecule has 1 aliphatic heterocycles. The van der Waals surface area contributed by atoms with Gasteiger partial charge in [0.1, 0.15) is 5.60 Å². The number of aliphatic hydroxyl groups is 1. The molecule has 0 saturated carbocycles. The number of amides is 1. The van der Waals surface area contributed by atoms with Crippen LogP contribution in [-0.4, -0.2) is 23.2 Å². The van der Waals surface area contributed by atoms with Gasteiger partial charge in [0.05, 0.1) is 0 Å². The second kappa shape index (κ2) is 2.73. The summed E-state index contributed by atoms with van der Waals surface area (Å²) in [4.78, 5) is 11.4. The van der Waals surface area contributed by atoms with Crippen molar-refractivity contribution in [1.82, 2.24) is 5.32 Å². The summed E-state index contributed by atoms with van der Waals surface area (Å²) in [5.74, 6) is -0.221. The average molecular weight is 171 g/mol. The van der Waals surface area contributed by atoms with E-state index in [0.29, 0.717) is 13.0 Å². The molecular formula is C9H17NO2. The number of carbonyl (C=O) groups excluding carboxylic acids is 1. The van der Waals surface area contributed by atoms with Crippen LogP contribution in [0, 0.1) is 5.41 Å². The molecule has 0 bridgehead atoms. The lowest BCUT2D eigenvalue weighted by atomic mass is 9.72. The van der Waals surface area contributed by atoms with E-state index in [0.717, 1.165) is 6.42 Å². The van der Waals surface area contributed by atoms with E-state index in [1.54, 1.807) is 0 Å². The Labute approximate surface area is 73.2 Å². The van der Waals surface area contributed by atoms with Gasteiger partial charge in [0.15, 0.2) is 0 Å². The molecule has 1 amide bonds. The van der Waals surface area contributed by atoms with Crippen LogP contribution >= 0.6 is 0 Å². The van der Waals surface area contributed by atoms with Gasteiger partial charge in [0, 0.05) is 6.54 Å². The Bertz CT molecular complexity index is 195. The molecule has 3 nitrogen and oxygen atoms in total. The van der Waals surface area contributed by atoms with Gasteiger partial charge in [-0.1, -0.05) is 20.8 Å². The zero-order chi connectivity index (χ0) is 9.41. The summed E-state index contributed by atoms with van der Waals surface area (Å²) in [7, 11) is 0. The number of carbonyl (C=O) groups is 1. The molecular weight excluding hydrogens is 154 g/mol.